The van der Waals surface area contributed by atoms with Crippen molar-refractivity contribution in [1.29, 1.82) is 0 Å². The normalized spacial score (nSPS) is 11.5. The Labute approximate surface area is 149 Å². The summed E-state index contributed by atoms with van der Waals surface area (Å²) >= 11 is 1.61. The SMILES string of the molecule is CSc1ccc(/C=C(\C(=O)C(=O)O)c2ccc3ccccc3n2)cc1. The van der Waals surface area contributed by atoms with Gasteiger partial charge in [-0.15, -0.1) is 11.8 Å². The molecule has 0 saturated heterocycles. The summed E-state index contributed by atoms with van der Waals surface area (Å²) in [6.07, 6.45) is 3.54. The number of fused-ring (bicyclic) bond motifs is 1. The lowest BCUT2D eigenvalue weighted by atomic mass is 10.0. The Morgan fingerprint density at radius 3 is 2.40 bits per heavy atom. The minimum Gasteiger partial charge on any atom is -0.475 e. The van der Waals surface area contributed by atoms with E-state index < -0.39 is 11.8 Å². The van der Waals surface area contributed by atoms with Crippen LogP contribution < -0.4 is 0 Å². The van der Waals surface area contributed by atoms with Crippen LogP contribution in [0, 0.1) is 0 Å². The predicted octanol–water partition coefficient (Wildman–Crippen LogP) is 4.15. The summed E-state index contributed by atoms with van der Waals surface area (Å²) in [6, 6.07) is 18.5. The van der Waals surface area contributed by atoms with Gasteiger partial charge in [-0.05, 0) is 42.2 Å². The Bertz CT molecular complexity index is 978. The number of nitrogens with zero attached hydrogens (tertiary/aromatic N) is 1. The van der Waals surface area contributed by atoms with E-state index in [2.05, 4.69) is 4.98 Å². The van der Waals surface area contributed by atoms with Crippen LogP contribution >= 0.6 is 11.8 Å². The van der Waals surface area contributed by atoms with Crippen LogP contribution in [0.15, 0.2) is 65.6 Å². The van der Waals surface area contributed by atoms with E-state index in [0.29, 0.717) is 11.2 Å². The molecule has 0 spiro atoms. The topological polar surface area (TPSA) is 67.3 Å². The quantitative estimate of drug-likeness (QED) is 0.426. The van der Waals surface area contributed by atoms with Crippen LogP contribution in [0.25, 0.3) is 22.6 Å². The van der Waals surface area contributed by atoms with Gasteiger partial charge >= 0.3 is 5.97 Å². The van der Waals surface area contributed by atoms with Gasteiger partial charge in [0, 0.05) is 10.3 Å². The summed E-state index contributed by atoms with van der Waals surface area (Å²) in [5.41, 5.74) is 1.87. The Kier molecular flexibility index (Phi) is 4.95. The number of ketones is 1. The van der Waals surface area contributed by atoms with E-state index in [1.54, 1.807) is 23.9 Å². The molecule has 2 aromatic carbocycles. The van der Waals surface area contributed by atoms with Gasteiger partial charge in [-0.1, -0.05) is 36.4 Å². The molecule has 0 unspecified atom stereocenters. The predicted molar refractivity (Wildman–Crippen MR) is 100 cm³/mol. The number of carboxylic acids is 1. The Hall–Kier alpha value is -2.92. The number of hydrogen-bond acceptors (Lipinski definition) is 4. The molecular weight excluding hydrogens is 334 g/mol. The number of Topliss-reactive ketones (excluding diaryl/α,β-unsaturated/α-hetero) is 1. The lowest BCUT2D eigenvalue weighted by molar-refractivity contribution is -0.146. The Morgan fingerprint density at radius 1 is 1.00 bits per heavy atom. The average molecular weight is 349 g/mol. The van der Waals surface area contributed by atoms with Crippen molar-refractivity contribution in [2.75, 3.05) is 6.26 Å². The van der Waals surface area contributed by atoms with E-state index in [1.807, 2.05) is 60.9 Å². The highest BCUT2D eigenvalue weighted by atomic mass is 32.2. The van der Waals surface area contributed by atoms with Crippen LogP contribution in [0.5, 0.6) is 0 Å². The van der Waals surface area contributed by atoms with Crippen LogP contribution in [-0.2, 0) is 9.59 Å². The number of aliphatic carboxylic acids is 1. The number of para-hydroxylation sites is 1. The number of pyridine rings is 1. The highest BCUT2D eigenvalue weighted by molar-refractivity contribution is 7.98. The number of carbonyl (C=O) groups excluding carboxylic acids is 1. The molecular formula is C20H15NO3S. The highest BCUT2D eigenvalue weighted by Crippen LogP contribution is 2.22. The molecule has 1 aromatic heterocycles. The van der Waals surface area contributed by atoms with Crippen molar-refractivity contribution in [2.24, 2.45) is 0 Å². The number of carboxylic acid groups (broad SMARTS) is 1. The molecule has 0 aliphatic rings. The number of hydrogen-bond donors (Lipinski definition) is 1. The van der Waals surface area contributed by atoms with Gasteiger partial charge in [0.2, 0.25) is 0 Å². The monoisotopic (exact) mass is 349 g/mol. The van der Waals surface area contributed by atoms with Crippen molar-refractivity contribution in [3.8, 4) is 0 Å². The molecule has 3 aromatic rings. The molecule has 0 amide bonds. The summed E-state index contributed by atoms with van der Waals surface area (Å²) in [6.45, 7) is 0. The molecule has 1 N–H and O–H groups in total. The second kappa shape index (κ2) is 7.32. The second-order valence-corrected chi connectivity index (χ2v) is 6.23. The number of aromatic nitrogens is 1. The smallest absolute Gasteiger partial charge is 0.377 e. The van der Waals surface area contributed by atoms with Gasteiger partial charge in [0.25, 0.3) is 5.78 Å². The van der Waals surface area contributed by atoms with Gasteiger partial charge in [0.1, 0.15) is 0 Å². The Morgan fingerprint density at radius 2 is 1.72 bits per heavy atom. The molecule has 0 atom stereocenters. The van der Waals surface area contributed by atoms with Crippen LogP contribution in [0.3, 0.4) is 0 Å². The first-order chi connectivity index (χ1) is 12.1. The standard InChI is InChI=1S/C20H15NO3S/c1-25-15-9-6-13(7-10-15)12-16(19(22)20(23)24)18-11-8-14-4-2-3-5-17(14)21-18/h2-12H,1H3,(H,23,24)/b16-12-. The molecule has 1 heterocycles. The molecule has 0 bridgehead atoms. The third-order valence-electron chi connectivity index (χ3n) is 3.74. The third kappa shape index (κ3) is 3.78. The fourth-order valence-electron chi connectivity index (χ4n) is 2.45. The fraction of sp³-hybridized carbons (Fsp3) is 0.0500. The molecule has 0 saturated carbocycles. The maximum absolute atomic E-state index is 12.2. The minimum atomic E-state index is -1.50. The minimum absolute atomic E-state index is 0.0650. The first-order valence-corrected chi connectivity index (χ1v) is 8.80. The van der Waals surface area contributed by atoms with Crippen LogP contribution in [-0.4, -0.2) is 28.1 Å². The molecule has 25 heavy (non-hydrogen) atoms. The molecule has 4 nitrogen and oxygen atoms in total. The van der Waals surface area contributed by atoms with E-state index in [4.69, 9.17) is 5.11 Å². The van der Waals surface area contributed by atoms with Crippen molar-refractivity contribution in [2.45, 2.75) is 4.90 Å². The van der Waals surface area contributed by atoms with Crippen molar-refractivity contribution >= 4 is 46.1 Å². The summed E-state index contributed by atoms with van der Waals surface area (Å²) in [4.78, 5) is 29.0. The molecule has 0 radical (unpaired) electrons. The molecule has 0 aliphatic carbocycles. The van der Waals surface area contributed by atoms with Crippen molar-refractivity contribution < 1.29 is 14.7 Å². The van der Waals surface area contributed by atoms with Crippen molar-refractivity contribution in [3.63, 3.8) is 0 Å². The van der Waals surface area contributed by atoms with Crippen molar-refractivity contribution in [1.82, 2.24) is 4.98 Å². The lowest BCUT2D eigenvalue weighted by Crippen LogP contribution is -2.15. The van der Waals surface area contributed by atoms with Gasteiger partial charge in [-0.3, -0.25) is 4.79 Å². The highest BCUT2D eigenvalue weighted by Gasteiger charge is 2.21. The van der Waals surface area contributed by atoms with E-state index >= 15 is 0 Å². The molecule has 3 rings (SSSR count). The van der Waals surface area contributed by atoms with Gasteiger partial charge in [0.05, 0.1) is 16.8 Å². The van der Waals surface area contributed by atoms with Crippen LogP contribution in [0.1, 0.15) is 11.3 Å². The zero-order chi connectivity index (χ0) is 17.8. The first-order valence-electron chi connectivity index (χ1n) is 7.58. The fourth-order valence-corrected chi connectivity index (χ4v) is 2.86. The van der Waals surface area contributed by atoms with Gasteiger partial charge in [-0.2, -0.15) is 0 Å². The second-order valence-electron chi connectivity index (χ2n) is 5.35. The maximum Gasteiger partial charge on any atom is 0.377 e. The first kappa shape index (κ1) is 16.9. The van der Waals surface area contributed by atoms with Gasteiger partial charge < -0.3 is 5.11 Å². The molecule has 0 fully saturated rings. The number of rotatable bonds is 5. The summed E-state index contributed by atoms with van der Waals surface area (Å²) < 4.78 is 0. The van der Waals surface area contributed by atoms with Gasteiger partial charge in [-0.25, -0.2) is 9.78 Å². The van der Waals surface area contributed by atoms with E-state index in [-0.39, 0.29) is 5.57 Å². The Balaban J connectivity index is 2.11. The molecule has 124 valence electrons. The van der Waals surface area contributed by atoms with Gasteiger partial charge in [0.15, 0.2) is 0 Å². The largest absolute Gasteiger partial charge is 0.475 e. The van der Waals surface area contributed by atoms with Crippen molar-refractivity contribution in [3.05, 3.63) is 71.9 Å². The van der Waals surface area contributed by atoms with Crippen LogP contribution in [0.4, 0.5) is 0 Å². The van der Waals surface area contributed by atoms with E-state index in [9.17, 15) is 9.59 Å². The number of benzene rings is 2. The molecule has 0 aliphatic heterocycles. The molecule has 5 heteroatoms. The number of thioether (sulfide) groups is 1. The average Bonchev–Trinajstić information content (AvgIpc) is 2.65. The summed E-state index contributed by atoms with van der Waals surface area (Å²) in [5, 5.41) is 10.1. The zero-order valence-corrected chi connectivity index (χ0v) is 14.3. The lowest BCUT2D eigenvalue weighted by Gasteiger charge is -2.06. The maximum atomic E-state index is 12.2. The van der Waals surface area contributed by atoms with E-state index in [0.717, 1.165) is 15.8 Å². The van der Waals surface area contributed by atoms with E-state index in [1.165, 1.54) is 0 Å². The number of carbonyl (C=O) groups is 2. The summed E-state index contributed by atoms with van der Waals surface area (Å²) in [5.74, 6) is -2.47. The van der Waals surface area contributed by atoms with Crippen LogP contribution in [0.2, 0.25) is 0 Å². The zero-order valence-electron chi connectivity index (χ0n) is 13.5. The third-order valence-corrected chi connectivity index (χ3v) is 4.48. The summed E-state index contributed by atoms with van der Waals surface area (Å²) in [7, 11) is 0.